The second-order valence-electron chi connectivity index (χ2n) is 7.06. The number of halogens is 1. The average Bonchev–Trinajstić information content (AvgIpc) is 2.83. The molecule has 4 aromatic carbocycles. The van der Waals surface area contributed by atoms with E-state index in [1.54, 1.807) is 26.4 Å². The third kappa shape index (κ3) is 4.47. The van der Waals surface area contributed by atoms with Crippen LogP contribution in [0.15, 0.2) is 91.0 Å². The molecule has 3 nitrogen and oxygen atoms in total. The van der Waals surface area contributed by atoms with Crippen LogP contribution in [-0.2, 0) is 0 Å². The minimum atomic E-state index is -0.0764. The molecule has 154 valence electrons. The monoisotopic (exact) mass is 428 g/mol. The first kappa shape index (κ1) is 20.7. The van der Waals surface area contributed by atoms with Gasteiger partial charge in [-0.15, -0.1) is 0 Å². The lowest BCUT2D eigenvalue weighted by Gasteiger charge is -2.13. The summed E-state index contributed by atoms with van der Waals surface area (Å²) >= 11 is 6.05. The minimum absolute atomic E-state index is 0.0764. The van der Waals surface area contributed by atoms with Crippen LogP contribution in [0.4, 0.5) is 0 Å². The van der Waals surface area contributed by atoms with E-state index in [4.69, 9.17) is 21.1 Å². The van der Waals surface area contributed by atoms with E-state index in [2.05, 4.69) is 0 Å². The molecule has 4 heteroatoms. The predicted octanol–water partition coefficient (Wildman–Crippen LogP) is 6.92. The fourth-order valence-corrected chi connectivity index (χ4v) is 3.64. The summed E-state index contributed by atoms with van der Waals surface area (Å²) in [6.45, 7) is 0. The highest BCUT2D eigenvalue weighted by Gasteiger charge is 2.17. The second-order valence-corrected chi connectivity index (χ2v) is 7.50. The molecule has 0 spiro atoms. The van der Waals surface area contributed by atoms with Crippen molar-refractivity contribution < 1.29 is 14.3 Å². The summed E-state index contributed by atoms with van der Waals surface area (Å²) in [5.74, 6) is 1.30. The van der Waals surface area contributed by atoms with E-state index in [0.717, 1.165) is 28.0 Å². The molecule has 0 radical (unpaired) electrons. The van der Waals surface area contributed by atoms with Gasteiger partial charge >= 0.3 is 0 Å². The Balaban J connectivity index is 1.88. The molecule has 4 rings (SSSR count). The molecule has 0 saturated heterocycles. The van der Waals surface area contributed by atoms with Crippen LogP contribution in [0.25, 0.3) is 22.3 Å². The van der Waals surface area contributed by atoms with Gasteiger partial charge in [-0.3, -0.25) is 4.79 Å². The molecule has 0 N–H and O–H groups in total. The third-order valence-corrected chi connectivity index (χ3v) is 5.41. The molecule has 0 bridgehead atoms. The maximum Gasteiger partial charge on any atom is 0.193 e. The third-order valence-electron chi connectivity index (χ3n) is 5.15. The molecule has 0 unspecified atom stereocenters. The van der Waals surface area contributed by atoms with Crippen LogP contribution in [0.2, 0.25) is 5.02 Å². The molecule has 0 aliphatic carbocycles. The number of carbonyl (C=O) groups is 1. The van der Waals surface area contributed by atoms with Gasteiger partial charge in [0.15, 0.2) is 5.78 Å². The number of ether oxygens (including phenoxy) is 2. The highest BCUT2D eigenvalue weighted by atomic mass is 35.5. The largest absolute Gasteiger partial charge is 0.497 e. The highest BCUT2D eigenvalue weighted by Crippen LogP contribution is 2.33. The zero-order valence-electron chi connectivity index (χ0n) is 17.3. The van der Waals surface area contributed by atoms with Gasteiger partial charge in [-0.25, -0.2) is 0 Å². The van der Waals surface area contributed by atoms with E-state index in [1.165, 1.54) is 0 Å². The van der Waals surface area contributed by atoms with E-state index in [0.29, 0.717) is 21.9 Å². The van der Waals surface area contributed by atoms with Gasteiger partial charge in [-0.2, -0.15) is 0 Å². The lowest BCUT2D eigenvalue weighted by atomic mass is 9.90. The Labute approximate surface area is 186 Å². The Morgan fingerprint density at radius 3 is 2.03 bits per heavy atom. The van der Waals surface area contributed by atoms with Crippen LogP contribution in [0.3, 0.4) is 0 Å². The van der Waals surface area contributed by atoms with Gasteiger partial charge in [0.2, 0.25) is 0 Å². The smallest absolute Gasteiger partial charge is 0.193 e. The van der Waals surface area contributed by atoms with E-state index in [-0.39, 0.29) is 5.78 Å². The zero-order chi connectivity index (χ0) is 21.8. The lowest BCUT2D eigenvalue weighted by Crippen LogP contribution is -2.04. The number of methoxy groups -OCH3 is 2. The van der Waals surface area contributed by atoms with Crippen molar-refractivity contribution in [3.8, 4) is 33.8 Å². The SMILES string of the molecule is COc1cccc(C(=O)c2cc(-c3ccc(Cl)cc3)ccc2-c2cccc(OC)c2)c1. The molecule has 0 saturated carbocycles. The van der Waals surface area contributed by atoms with Gasteiger partial charge in [0, 0.05) is 16.1 Å². The van der Waals surface area contributed by atoms with Crippen molar-refractivity contribution in [2.45, 2.75) is 0 Å². The Hall–Kier alpha value is -3.56. The van der Waals surface area contributed by atoms with Crippen LogP contribution >= 0.6 is 11.6 Å². The van der Waals surface area contributed by atoms with Gasteiger partial charge in [0.1, 0.15) is 11.5 Å². The van der Waals surface area contributed by atoms with Crippen LogP contribution < -0.4 is 9.47 Å². The molecular formula is C27H21ClO3. The molecular weight excluding hydrogens is 408 g/mol. The number of carbonyl (C=O) groups excluding carboxylic acids is 1. The maximum atomic E-state index is 13.6. The first-order valence-electron chi connectivity index (χ1n) is 9.82. The standard InChI is InChI=1S/C27H21ClO3/c1-30-23-7-3-5-20(15-23)25-14-11-19(18-9-12-22(28)13-10-18)17-26(25)27(29)21-6-4-8-24(16-21)31-2/h3-17H,1-2H3. The molecule has 31 heavy (non-hydrogen) atoms. The van der Waals surface area contributed by atoms with E-state index in [9.17, 15) is 4.79 Å². The van der Waals surface area contributed by atoms with Crippen LogP contribution in [0.5, 0.6) is 11.5 Å². The summed E-state index contributed by atoms with van der Waals surface area (Å²) in [4.78, 5) is 13.6. The average molecular weight is 429 g/mol. The van der Waals surface area contributed by atoms with Gasteiger partial charge in [-0.1, -0.05) is 60.1 Å². The first-order chi connectivity index (χ1) is 15.1. The van der Waals surface area contributed by atoms with E-state index in [1.807, 2.05) is 78.9 Å². The molecule has 0 amide bonds. The van der Waals surface area contributed by atoms with E-state index < -0.39 is 0 Å². The van der Waals surface area contributed by atoms with Crippen molar-refractivity contribution in [3.63, 3.8) is 0 Å². The molecule has 0 fully saturated rings. The Bertz CT molecular complexity index is 1230. The summed E-state index contributed by atoms with van der Waals surface area (Å²) in [6.07, 6.45) is 0. The summed E-state index contributed by atoms with van der Waals surface area (Å²) in [7, 11) is 3.22. The highest BCUT2D eigenvalue weighted by molar-refractivity contribution is 6.30. The fraction of sp³-hybridized carbons (Fsp3) is 0.0741. The normalized spacial score (nSPS) is 10.5. The quantitative estimate of drug-likeness (QED) is 0.312. The number of hydrogen-bond acceptors (Lipinski definition) is 3. The molecule has 0 atom stereocenters. The van der Waals surface area contributed by atoms with Crippen molar-refractivity contribution in [1.82, 2.24) is 0 Å². The van der Waals surface area contributed by atoms with Gasteiger partial charge in [0.25, 0.3) is 0 Å². The molecule has 0 aliphatic heterocycles. The van der Waals surface area contributed by atoms with E-state index >= 15 is 0 Å². The van der Waals surface area contributed by atoms with Crippen LogP contribution in [0.1, 0.15) is 15.9 Å². The summed E-state index contributed by atoms with van der Waals surface area (Å²) < 4.78 is 10.7. The first-order valence-corrected chi connectivity index (χ1v) is 10.2. The molecule has 4 aromatic rings. The van der Waals surface area contributed by atoms with Crippen molar-refractivity contribution in [2.24, 2.45) is 0 Å². The van der Waals surface area contributed by atoms with Crippen molar-refractivity contribution in [3.05, 3.63) is 107 Å². The van der Waals surface area contributed by atoms with Crippen molar-refractivity contribution >= 4 is 17.4 Å². The van der Waals surface area contributed by atoms with Crippen molar-refractivity contribution in [1.29, 1.82) is 0 Å². The Morgan fingerprint density at radius 2 is 1.32 bits per heavy atom. The number of hydrogen-bond donors (Lipinski definition) is 0. The van der Waals surface area contributed by atoms with Gasteiger partial charge < -0.3 is 9.47 Å². The topological polar surface area (TPSA) is 35.5 Å². The van der Waals surface area contributed by atoms with Crippen LogP contribution in [-0.4, -0.2) is 20.0 Å². The number of benzene rings is 4. The summed E-state index contributed by atoms with van der Waals surface area (Å²) in [5.41, 5.74) is 4.85. The molecule has 0 heterocycles. The fourth-order valence-electron chi connectivity index (χ4n) is 3.52. The zero-order valence-corrected chi connectivity index (χ0v) is 18.0. The number of ketones is 1. The van der Waals surface area contributed by atoms with Gasteiger partial charge in [0.05, 0.1) is 14.2 Å². The molecule has 0 aliphatic rings. The summed E-state index contributed by atoms with van der Waals surface area (Å²) in [5, 5.41) is 0.671. The second kappa shape index (κ2) is 9.07. The minimum Gasteiger partial charge on any atom is -0.497 e. The Kier molecular flexibility index (Phi) is 6.06. The number of rotatable bonds is 6. The lowest BCUT2D eigenvalue weighted by molar-refractivity contribution is 0.103. The van der Waals surface area contributed by atoms with Crippen LogP contribution in [0, 0.1) is 0 Å². The summed E-state index contributed by atoms with van der Waals surface area (Å²) in [6, 6.07) is 28.4. The van der Waals surface area contributed by atoms with Crippen molar-refractivity contribution in [2.75, 3.05) is 14.2 Å². The Morgan fingerprint density at radius 1 is 0.677 bits per heavy atom. The van der Waals surface area contributed by atoms with Gasteiger partial charge in [-0.05, 0) is 64.7 Å². The predicted molar refractivity (Wildman–Crippen MR) is 125 cm³/mol. The maximum absolute atomic E-state index is 13.6. The molecule has 0 aromatic heterocycles.